The van der Waals surface area contributed by atoms with E-state index in [9.17, 15) is 30.7 Å². The molecule has 0 amide bonds. The third-order valence-corrected chi connectivity index (χ3v) is 3.57. The molecule has 142 valence electrons. The Hall–Kier alpha value is -2.25. The van der Waals surface area contributed by atoms with Gasteiger partial charge < -0.3 is 4.74 Å². The highest BCUT2D eigenvalue weighted by atomic mass is 19.4. The maximum absolute atomic E-state index is 14.2. The van der Waals surface area contributed by atoms with E-state index in [0.717, 1.165) is 0 Å². The van der Waals surface area contributed by atoms with Crippen LogP contribution >= 0.6 is 0 Å². The van der Waals surface area contributed by atoms with Crippen molar-refractivity contribution >= 4 is 0 Å². The summed E-state index contributed by atoms with van der Waals surface area (Å²) in [5.41, 5.74) is 0.317. The minimum Gasteiger partial charge on any atom is -0.478 e. The van der Waals surface area contributed by atoms with Gasteiger partial charge in [-0.1, -0.05) is 12.1 Å². The van der Waals surface area contributed by atoms with Crippen molar-refractivity contribution in [1.29, 1.82) is 0 Å². The first-order valence-electron chi connectivity index (χ1n) is 7.74. The molecule has 0 aliphatic heterocycles. The number of hydrogen-bond donors (Lipinski definition) is 0. The molecule has 0 N–H and O–H groups in total. The molecule has 0 aromatic heterocycles. The highest BCUT2D eigenvalue weighted by molar-refractivity contribution is 5.65. The largest absolute Gasteiger partial charge is 0.478 e. The molecule has 2 aromatic rings. The molecule has 0 heterocycles. The fraction of sp³-hybridized carbons (Fsp3) is 0.333. The van der Waals surface area contributed by atoms with Crippen molar-refractivity contribution in [1.82, 2.24) is 0 Å². The Bertz CT molecular complexity index is 733. The number of ether oxygens (including phenoxy) is 1. The molecule has 0 saturated heterocycles. The quantitative estimate of drug-likeness (QED) is 0.423. The minimum absolute atomic E-state index is 0.112. The van der Waals surface area contributed by atoms with Gasteiger partial charge in [-0.2, -0.15) is 13.2 Å². The van der Waals surface area contributed by atoms with Crippen LogP contribution in [0.15, 0.2) is 30.3 Å². The molecule has 1 nitrogen and oxygen atoms in total. The second kappa shape index (κ2) is 8.42. The summed E-state index contributed by atoms with van der Waals surface area (Å²) in [5.74, 6) is -4.65. The predicted octanol–water partition coefficient (Wildman–Crippen LogP) is 6.00. The van der Waals surface area contributed by atoms with Crippen molar-refractivity contribution < 1.29 is 35.5 Å². The minimum atomic E-state index is -4.75. The first-order chi connectivity index (χ1) is 12.2. The Morgan fingerprint density at radius 3 is 2.04 bits per heavy atom. The average Bonchev–Trinajstić information content (AvgIpc) is 2.53. The number of hydrogen-bond acceptors (Lipinski definition) is 1. The SMILES string of the molecule is FCCCCc1ccc(-c2cc(F)c(OCC(F)(F)F)c(F)c2)c(F)c1. The van der Waals surface area contributed by atoms with Crippen molar-refractivity contribution in [2.45, 2.75) is 25.4 Å². The Labute approximate surface area is 145 Å². The average molecular weight is 380 g/mol. The fourth-order valence-corrected chi connectivity index (χ4v) is 2.38. The number of halogens is 7. The molecule has 0 bridgehead atoms. The molecule has 0 atom stereocenters. The highest BCUT2D eigenvalue weighted by Crippen LogP contribution is 2.32. The van der Waals surface area contributed by atoms with Crippen molar-refractivity contribution in [2.75, 3.05) is 13.3 Å². The van der Waals surface area contributed by atoms with Crippen LogP contribution in [-0.2, 0) is 6.42 Å². The normalized spacial score (nSPS) is 11.7. The summed E-state index contributed by atoms with van der Waals surface area (Å²) in [7, 11) is 0. The summed E-state index contributed by atoms with van der Waals surface area (Å²) >= 11 is 0. The van der Waals surface area contributed by atoms with Crippen LogP contribution in [0.1, 0.15) is 18.4 Å². The molecule has 0 fully saturated rings. The zero-order valence-corrected chi connectivity index (χ0v) is 13.5. The molecular weight excluding hydrogens is 365 g/mol. The lowest BCUT2D eigenvalue weighted by molar-refractivity contribution is -0.154. The van der Waals surface area contributed by atoms with Crippen molar-refractivity contribution in [3.63, 3.8) is 0 Å². The van der Waals surface area contributed by atoms with Crippen molar-refractivity contribution in [3.05, 3.63) is 53.3 Å². The lowest BCUT2D eigenvalue weighted by atomic mass is 10.0. The van der Waals surface area contributed by atoms with Gasteiger partial charge in [-0.15, -0.1) is 0 Å². The van der Waals surface area contributed by atoms with Gasteiger partial charge in [0.15, 0.2) is 24.0 Å². The molecule has 26 heavy (non-hydrogen) atoms. The van der Waals surface area contributed by atoms with E-state index in [-0.39, 0.29) is 11.1 Å². The summed E-state index contributed by atoms with van der Waals surface area (Å²) in [6, 6.07) is 5.44. The van der Waals surface area contributed by atoms with Crippen LogP contribution in [0.3, 0.4) is 0 Å². The zero-order chi connectivity index (χ0) is 19.3. The molecule has 2 rings (SSSR count). The number of unbranched alkanes of at least 4 members (excludes halogenated alkanes) is 1. The second-order valence-corrected chi connectivity index (χ2v) is 5.63. The summed E-state index contributed by atoms with van der Waals surface area (Å²) in [4.78, 5) is 0. The molecule has 2 aromatic carbocycles. The second-order valence-electron chi connectivity index (χ2n) is 5.63. The smallest absolute Gasteiger partial charge is 0.422 e. The van der Waals surface area contributed by atoms with Crippen LogP contribution in [0, 0.1) is 17.5 Å². The third-order valence-electron chi connectivity index (χ3n) is 3.57. The van der Waals surface area contributed by atoms with Crippen molar-refractivity contribution in [3.8, 4) is 16.9 Å². The maximum atomic E-state index is 14.2. The van der Waals surface area contributed by atoms with Gasteiger partial charge in [0.25, 0.3) is 0 Å². The fourth-order valence-electron chi connectivity index (χ4n) is 2.38. The zero-order valence-electron chi connectivity index (χ0n) is 13.5. The van der Waals surface area contributed by atoms with E-state index in [1.807, 2.05) is 0 Å². The first kappa shape index (κ1) is 20.1. The lowest BCUT2D eigenvalue weighted by Gasteiger charge is -2.12. The summed E-state index contributed by atoms with van der Waals surface area (Å²) in [5, 5.41) is 0. The van der Waals surface area contributed by atoms with E-state index in [1.165, 1.54) is 12.1 Å². The number of rotatable bonds is 7. The Morgan fingerprint density at radius 1 is 0.846 bits per heavy atom. The van der Waals surface area contributed by atoms with Gasteiger partial charge in [0.1, 0.15) is 5.82 Å². The number of benzene rings is 2. The van der Waals surface area contributed by atoms with Gasteiger partial charge in [-0.25, -0.2) is 13.2 Å². The van der Waals surface area contributed by atoms with E-state index in [4.69, 9.17) is 0 Å². The van der Waals surface area contributed by atoms with E-state index in [1.54, 1.807) is 6.07 Å². The van der Waals surface area contributed by atoms with Crippen LogP contribution in [0.25, 0.3) is 11.1 Å². The Morgan fingerprint density at radius 2 is 1.50 bits per heavy atom. The van der Waals surface area contributed by atoms with Gasteiger partial charge in [0, 0.05) is 5.56 Å². The number of alkyl halides is 4. The van der Waals surface area contributed by atoms with Gasteiger partial charge in [-0.3, -0.25) is 4.39 Å². The maximum Gasteiger partial charge on any atom is 0.422 e. The molecule has 0 saturated carbocycles. The van der Waals surface area contributed by atoms with E-state index >= 15 is 0 Å². The van der Waals surface area contributed by atoms with E-state index in [2.05, 4.69) is 4.74 Å². The summed E-state index contributed by atoms with van der Waals surface area (Å²) in [6.07, 6.45) is -3.42. The van der Waals surface area contributed by atoms with Crippen LogP contribution in [0.4, 0.5) is 30.7 Å². The molecule has 8 heteroatoms. The topological polar surface area (TPSA) is 9.23 Å². The standard InChI is InChI=1S/C18H15F7O/c19-6-2-1-3-11-4-5-13(14(20)7-11)12-8-15(21)17(16(22)9-12)26-10-18(23,24)25/h4-5,7-9H,1-3,6,10H2. The number of aryl methyl sites for hydroxylation is 1. The molecule has 0 aliphatic rings. The van der Waals surface area contributed by atoms with Crippen LogP contribution in [0.5, 0.6) is 5.75 Å². The molecule has 0 unspecified atom stereocenters. The van der Waals surface area contributed by atoms with Crippen molar-refractivity contribution in [2.24, 2.45) is 0 Å². The molecule has 0 radical (unpaired) electrons. The summed E-state index contributed by atoms with van der Waals surface area (Å²) in [6.45, 7) is -2.32. The van der Waals surface area contributed by atoms with E-state index in [0.29, 0.717) is 37.0 Å². The first-order valence-corrected chi connectivity index (χ1v) is 7.74. The Balaban J connectivity index is 2.23. The molecule has 0 spiro atoms. The Kier molecular flexibility index (Phi) is 6.50. The van der Waals surface area contributed by atoms with Crippen LogP contribution in [-0.4, -0.2) is 19.5 Å². The van der Waals surface area contributed by atoms with E-state index < -0.39 is 42.7 Å². The van der Waals surface area contributed by atoms with Crippen LogP contribution < -0.4 is 4.74 Å². The summed E-state index contributed by atoms with van der Waals surface area (Å²) < 4.78 is 94.5. The van der Waals surface area contributed by atoms with Crippen LogP contribution in [0.2, 0.25) is 0 Å². The van der Waals surface area contributed by atoms with Gasteiger partial charge in [-0.05, 0) is 48.6 Å². The monoisotopic (exact) mass is 380 g/mol. The lowest BCUT2D eigenvalue weighted by Crippen LogP contribution is -2.20. The predicted molar refractivity (Wildman–Crippen MR) is 82.2 cm³/mol. The van der Waals surface area contributed by atoms with Gasteiger partial charge in [0.2, 0.25) is 0 Å². The molecule has 0 aliphatic carbocycles. The molecular formula is C18H15F7O. The third kappa shape index (κ3) is 5.37. The van der Waals surface area contributed by atoms with Gasteiger partial charge >= 0.3 is 6.18 Å². The highest BCUT2D eigenvalue weighted by Gasteiger charge is 2.30. The van der Waals surface area contributed by atoms with Gasteiger partial charge in [0.05, 0.1) is 6.67 Å².